The highest BCUT2D eigenvalue weighted by atomic mass is 35.5. The van der Waals surface area contributed by atoms with Gasteiger partial charge in [-0.1, -0.05) is 35.5 Å². The van der Waals surface area contributed by atoms with Gasteiger partial charge in [-0.05, 0) is 36.2 Å². The summed E-state index contributed by atoms with van der Waals surface area (Å²) in [5, 5.41) is 4.83. The van der Waals surface area contributed by atoms with E-state index in [9.17, 15) is 12.8 Å². The number of aromatic nitrogens is 2. The molecule has 4 rings (SSSR count). The molecule has 4 aromatic rings. The predicted octanol–water partition coefficient (Wildman–Crippen LogP) is 4.41. The minimum atomic E-state index is -3.42. The first kappa shape index (κ1) is 22.9. The standard InChI is InChI=1S/C22H20FN3O3S.ClH/c1-13-7-10-21(30(2,27)28)25-19(13)12-18(24)15-5-3-4-6-16(15)22-17-9-8-14(23)11-20(17)29-26-22;/h3-11,18H,12,24H2,1-2H3;1H/t18-;/m0./s1. The Morgan fingerprint density at radius 3 is 2.61 bits per heavy atom. The van der Waals surface area contributed by atoms with Crippen LogP contribution in [0.1, 0.15) is 22.9 Å². The van der Waals surface area contributed by atoms with Crippen molar-refractivity contribution in [3.63, 3.8) is 0 Å². The number of rotatable bonds is 5. The Labute approximate surface area is 185 Å². The van der Waals surface area contributed by atoms with Gasteiger partial charge in [0, 0.05) is 41.4 Å². The normalized spacial score (nSPS) is 12.5. The molecule has 0 amide bonds. The van der Waals surface area contributed by atoms with E-state index in [2.05, 4.69) is 10.1 Å². The van der Waals surface area contributed by atoms with Gasteiger partial charge < -0.3 is 10.3 Å². The van der Waals surface area contributed by atoms with Crippen molar-refractivity contribution in [2.45, 2.75) is 24.4 Å². The van der Waals surface area contributed by atoms with E-state index in [-0.39, 0.29) is 17.4 Å². The van der Waals surface area contributed by atoms with Crippen LogP contribution in [0.5, 0.6) is 0 Å². The van der Waals surface area contributed by atoms with Crippen LogP contribution in [0.2, 0.25) is 0 Å². The first-order valence-corrected chi connectivity index (χ1v) is 11.2. The molecule has 0 spiro atoms. The first-order valence-electron chi connectivity index (χ1n) is 9.30. The second-order valence-corrected chi connectivity index (χ2v) is 9.22. The third kappa shape index (κ3) is 4.61. The molecule has 2 aromatic carbocycles. The summed E-state index contributed by atoms with van der Waals surface area (Å²) in [6.45, 7) is 1.87. The Balaban J connectivity index is 0.00000272. The molecule has 0 saturated heterocycles. The predicted molar refractivity (Wildman–Crippen MR) is 119 cm³/mol. The van der Waals surface area contributed by atoms with Gasteiger partial charge in [0.15, 0.2) is 20.4 Å². The Bertz CT molecular complexity index is 1360. The second kappa shape index (κ2) is 8.74. The maximum atomic E-state index is 13.5. The largest absolute Gasteiger partial charge is 0.356 e. The van der Waals surface area contributed by atoms with Crippen LogP contribution >= 0.6 is 12.4 Å². The molecular formula is C22H21ClFN3O3S. The molecular weight excluding hydrogens is 441 g/mol. The topological polar surface area (TPSA) is 99.1 Å². The molecule has 2 aromatic heterocycles. The van der Waals surface area contributed by atoms with Crippen LogP contribution in [0.3, 0.4) is 0 Å². The van der Waals surface area contributed by atoms with Gasteiger partial charge in [0.2, 0.25) is 0 Å². The summed E-state index contributed by atoms with van der Waals surface area (Å²) in [7, 11) is -3.42. The second-order valence-electron chi connectivity index (χ2n) is 7.25. The third-order valence-electron chi connectivity index (χ3n) is 5.02. The molecule has 0 aliphatic carbocycles. The summed E-state index contributed by atoms with van der Waals surface area (Å²) in [6.07, 6.45) is 1.47. The summed E-state index contributed by atoms with van der Waals surface area (Å²) < 4.78 is 42.5. The Hall–Kier alpha value is -2.81. The van der Waals surface area contributed by atoms with E-state index in [1.165, 1.54) is 18.2 Å². The molecule has 162 valence electrons. The Morgan fingerprint density at radius 1 is 1.13 bits per heavy atom. The van der Waals surface area contributed by atoms with Crippen molar-refractivity contribution in [2.24, 2.45) is 5.73 Å². The van der Waals surface area contributed by atoms with Gasteiger partial charge in [-0.2, -0.15) is 0 Å². The highest BCUT2D eigenvalue weighted by Gasteiger charge is 2.20. The molecule has 9 heteroatoms. The summed E-state index contributed by atoms with van der Waals surface area (Å²) in [5.74, 6) is -0.400. The number of nitrogens with two attached hydrogens (primary N) is 1. The zero-order chi connectivity index (χ0) is 21.5. The minimum absolute atomic E-state index is 0. The lowest BCUT2D eigenvalue weighted by atomic mass is 9.93. The summed E-state index contributed by atoms with van der Waals surface area (Å²) in [5.41, 5.74) is 10.5. The Morgan fingerprint density at radius 2 is 1.87 bits per heavy atom. The molecule has 6 nitrogen and oxygen atoms in total. The smallest absolute Gasteiger partial charge is 0.192 e. The van der Waals surface area contributed by atoms with E-state index in [1.807, 2.05) is 31.2 Å². The van der Waals surface area contributed by atoms with Gasteiger partial charge in [0.25, 0.3) is 0 Å². The van der Waals surface area contributed by atoms with Gasteiger partial charge in [-0.25, -0.2) is 17.8 Å². The third-order valence-corrected chi connectivity index (χ3v) is 6.01. The van der Waals surface area contributed by atoms with Gasteiger partial charge in [-0.15, -0.1) is 12.4 Å². The van der Waals surface area contributed by atoms with Crippen LogP contribution in [0.25, 0.3) is 22.2 Å². The van der Waals surface area contributed by atoms with Gasteiger partial charge in [-0.3, -0.25) is 0 Å². The van der Waals surface area contributed by atoms with Crippen LogP contribution in [-0.4, -0.2) is 24.8 Å². The Kier molecular flexibility index (Phi) is 6.45. The number of benzene rings is 2. The highest BCUT2D eigenvalue weighted by Crippen LogP contribution is 2.33. The van der Waals surface area contributed by atoms with Crippen molar-refractivity contribution in [1.29, 1.82) is 0 Å². The van der Waals surface area contributed by atoms with E-state index >= 15 is 0 Å². The van der Waals surface area contributed by atoms with Gasteiger partial charge in [0.1, 0.15) is 11.5 Å². The van der Waals surface area contributed by atoms with E-state index < -0.39 is 21.7 Å². The van der Waals surface area contributed by atoms with Crippen molar-refractivity contribution in [3.8, 4) is 11.3 Å². The molecule has 0 radical (unpaired) electrons. The molecule has 2 N–H and O–H groups in total. The molecule has 0 aliphatic rings. The molecule has 0 saturated carbocycles. The van der Waals surface area contributed by atoms with Crippen molar-refractivity contribution in [1.82, 2.24) is 10.1 Å². The number of hydrogen-bond donors (Lipinski definition) is 1. The fourth-order valence-corrected chi connectivity index (χ4v) is 4.02. The number of fused-ring (bicyclic) bond motifs is 1. The molecule has 2 heterocycles. The van der Waals surface area contributed by atoms with Crippen molar-refractivity contribution in [3.05, 3.63) is 77.2 Å². The lowest BCUT2D eigenvalue weighted by Gasteiger charge is -2.17. The maximum Gasteiger partial charge on any atom is 0.192 e. The number of halogens is 2. The van der Waals surface area contributed by atoms with E-state index in [1.54, 1.807) is 12.1 Å². The molecule has 0 bridgehead atoms. The van der Waals surface area contributed by atoms with E-state index in [4.69, 9.17) is 10.3 Å². The lowest BCUT2D eigenvalue weighted by Crippen LogP contribution is -2.17. The van der Waals surface area contributed by atoms with Crippen molar-refractivity contribution >= 4 is 33.2 Å². The maximum absolute atomic E-state index is 13.5. The number of pyridine rings is 1. The van der Waals surface area contributed by atoms with Crippen molar-refractivity contribution in [2.75, 3.05) is 6.26 Å². The van der Waals surface area contributed by atoms with Crippen LogP contribution in [0, 0.1) is 12.7 Å². The molecule has 1 atom stereocenters. The fraction of sp³-hybridized carbons (Fsp3) is 0.182. The van der Waals surface area contributed by atoms with Crippen LogP contribution < -0.4 is 5.73 Å². The van der Waals surface area contributed by atoms with Crippen molar-refractivity contribution < 1.29 is 17.3 Å². The summed E-state index contributed by atoms with van der Waals surface area (Å²) in [6, 6.07) is 14.5. The molecule has 0 unspecified atom stereocenters. The van der Waals surface area contributed by atoms with Crippen LogP contribution in [-0.2, 0) is 16.3 Å². The lowest BCUT2D eigenvalue weighted by molar-refractivity contribution is 0.457. The zero-order valence-corrected chi connectivity index (χ0v) is 18.5. The number of hydrogen-bond acceptors (Lipinski definition) is 6. The number of sulfone groups is 1. The zero-order valence-electron chi connectivity index (χ0n) is 16.9. The average Bonchev–Trinajstić information content (AvgIpc) is 3.11. The molecule has 31 heavy (non-hydrogen) atoms. The summed E-state index contributed by atoms with van der Waals surface area (Å²) in [4.78, 5) is 4.32. The summed E-state index contributed by atoms with van der Waals surface area (Å²) >= 11 is 0. The minimum Gasteiger partial charge on any atom is -0.356 e. The van der Waals surface area contributed by atoms with Gasteiger partial charge in [0.05, 0.1) is 0 Å². The number of aryl methyl sites for hydroxylation is 1. The SMILES string of the molecule is Cc1ccc(S(C)(=O)=O)nc1C[C@H](N)c1ccccc1-c1noc2cc(F)ccc12.Cl. The first-order chi connectivity index (χ1) is 14.2. The fourth-order valence-electron chi connectivity index (χ4n) is 3.42. The number of nitrogens with zero attached hydrogens (tertiary/aromatic N) is 2. The average molecular weight is 462 g/mol. The quantitative estimate of drug-likeness (QED) is 0.472. The van der Waals surface area contributed by atoms with Crippen LogP contribution in [0.4, 0.5) is 4.39 Å². The molecule has 0 fully saturated rings. The highest BCUT2D eigenvalue weighted by molar-refractivity contribution is 7.90. The van der Waals surface area contributed by atoms with E-state index in [0.717, 1.165) is 22.9 Å². The molecule has 0 aliphatic heterocycles. The van der Waals surface area contributed by atoms with E-state index in [0.29, 0.717) is 28.8 Å². The monoisotopic (exact) mass is 461 g/mol. The van der Waals surface area contributed by atoms with Crippen LogP contribution in [0.15, 0.2) is 64.1 Å². The van der Waals surface area contributed by atoms with Gasteiger partial charge >= 0.3 is 0 Å².